The second-order valence-corrected chi connectivity index (χ2v) is 5.22. The first-order valence-electron chi connectivity index (χ1n) is 6.69. The van der Waals surface area contributed by atoms with Gasteiger partial charge in [-0.2, -0.15) is 4.98 Å². The lowest BCUT2D eigenvalue weighted by Crippen LogP contribution is -2.18. The summed E-state index contributed by atoms with van der Waals surface area (Å²) in [5, 5.41) is 10.4. The van der Waals surface area contributed by atoms with Crippen LogP contribution in [-0.4, -0.2) is 20.1 Å². The lowest BCUT2D eigenvalue weighted by Gasteiger charge is -2.24. The van der Waals surface area contributed by atoms with Crippen LogP contribution in [-0.2, 0) is 0 Å². The van der Waals surface area contributed by atoms with Crippen molar-refractivity contribution in [2.24, 2.45) is 0 Å². The first-order chi connectivity index (χ1) is 10.5. The summed E-state index contributed by atoms with van der Waals surface area (Å²) in [6.45, 7) is 1.95. The lowest BCUT2D eigenvalue weighted by atomic mass is 9.99. The van der Waals surface area contributed by atoms with Crippen molar-refractivity contribution in [2.75, 3.05) is 5.73 Å². The number of aliphatic hydroxyl groups excluding tert-OH is 1. The maximum Gasteiger partial charge on any atom is 0.261 e. The topological polar surface area (TPSA) is 114 Å². The molecule has 0 saturated heterocycles. The lowest BCUT2D eigenvalue weighted by molar-refractivity contribution is -0.0215. The van der Waals surface area contributed by atoms with E-state index in [2.05, 4.69) is 15.0 Å². The van der Waals surface area contributed by atoms with Crippen molar-refractivity contribution in [3.63, 3.8) is 0 Å². The van der Waals surface area contributed by atoms with Gasteiger partial charge in [0.2, 0.25) is 12.2 Å². The van der Waals surface area contributed by atoms with Crippen LogP contribution in [0, 0.1) is 6.92 Å². The number of benzene rings is 1. The molecule has 7 nitrogen and oxygen atoms in total. The summed E-state index contributed by atoms with van der Waals surface area (Å²) in [6.07, 6.45) is -1.18. The van der Waals surface area contributed by atoms with E-state index in [-0.39, 0.29) is 17.0 Å². The maximum atomic E-state index is 12.0. The molecule has 22 heavy (non-hydrogen) atoms. The van der Waals surface area contributed by atoms with Crippen LogP contribution in [0.4, 0.5) is 5.95 Å². The zero-order valence-corrected chi connectivity index (χ0v) is 11.6. The van der Waals surface area contributed by atoms with E-state index in [9.17, 15) is 9.90 Å². The quantitative estimate of drug-likeness (QED) is 0.575. The molecule has 0 amide bonds. The number of fused-ring (bicyclic) bond motifs is 4. The molecule has 1 aromatic carbocycles. The van der Waals surface area contributed by atoms with Gasteiger partial charge in [0.15, 0.2) is 5.65 Å². The molecule has 0 saturated carbocycles. The molecule has 0 fully saturated rings. The number of nitrogens with two attached hydrogens (primary N) is 1. The van der Waals surface area contributed by atoms with E-state index in [0.29, 0.717) is 17.0 Å². The summed E-state index contributed by atoms with van der Waals surface area (Å²) < 4.78 is 5.48. The van der Waals surface area contributed by atoms with Gasteiger partial charge in [0.05, 0.1) is 11.1 Å². The number of anilines is 1. The number of aromatic nitrogens is 3. The van der Waals surface area contributed by atoms with Gasteiger partial charge in [0.1, 0.15) is 5.75 Å². The predicted octanol–water partition coefficient (Wildman–Crippen LogP) is 1.26. The SMILES string of the molecule is Cc1ccc2c(c1)-c1nc3nc(N)[nH]c(=O)c3cc1[C@@H](O)O2. The molecular weight excluding hydrogens is 284 g/mol. The molecule has 2 aromatic heterocycles. The van der Waals surface area contributed by atoms with E-state index in [1.54, 1.807) is 12.1 Å². The second kappa shape index (κ2) is 4.28. The van der Waals surface area contributed by atoms with E-state index in [0.717, 1.165) is 11.1 Å². The number of ether oxygens (including phenoxy) is 1. The summed E-state index contributed by atoms with van der Waals surface area (Å²) in [5.41, 5.74) is 8.16. The number of rotatable bonds is 0. The van der Waals surface area contributed by atoms with Crippen LogP contribution in [0.5, 0.6) is 5.75 Å². The summed E-state index contributed by atoms with van der Waals surface area (Å²) >= 11 is 0. The van der Waals surface area contributed by atoms with Crippen molar-refractivity contribution in [2.45, 2.75) is 13.2 Å². The number of nitrogens with one attached hydrogen (secondary N) is 1. The first kappa shape index (κ1) is 12.8. The van der Waals surface area contributed by atoms with Gasteiger partial charge in [0, 0.05) is 11.1 Å². The number of nitrogens with zero attached hydrogens (tertiary/aromatic N) is 2. The maximum absolute atomic E-state index is 12.0. The van der Waals surface area contributed by atoms with Gasteiger partial charge >= 0.3 is 0 Å². The fraction of sp³-hybridized carbons (Fsp3) is 0.133. The van der Waals surface area contributed by atoms with Crippen LogP contribution in [0.25, 0.3) is 22.3 Å². The van der Waals surface area contributed by atoms with Crippen molar-refractivity contribution in [1.29, 1.82) is 0 Å². The van der Waals surface area contributed by atoms with Crippen LogP contribution >= 0.6 is 0 Å². The van der Waals surface area contributed by atoms with Crippen LogP contribution < -0.4 is 16.0 Å². The van der Waals surface area contributed by atoms with Gasteiger partial charge < -0.3 is 15.6 Å². The summed E-state index contributed by atoms with van der Waals surface area (Å²) in [5.74, 6) is 0.539. The minimum atomic E-state index is -1.18. The average molecular weight is 296 g/mol. The van der Waals surface area contributed by atoms with Crippen LogP contribution in [0.1, 0.15) is 17.4 Å². The monoisotopic (exact) mass is 296 g/mol. The molecule has 3 heterocycles. The number of aliphatic hydroxyl groups is 1. The van der Waals surface area contributed by atoms with Crippen molar-refractivity contribution in [1.82, 2.24) is 15.0 Å². The molecule has 110 valence electrons. The highest BCUT2D eigenvalue weighted by atomic mass is 16.6. The van der Waals surface area contributed by atoms with E-state index in [1.165, 1.54) is 0 Å². The molecule has 1 aliphatic heterocycles. The Hall–Kier alpha value is -2.93. The fourth-order valence-corrected chi connectivity index (χ4v) is 2.62. The normalized spacial score (nSPS) is 16.0. The zero-order valence-electron chi connectivity index (χ0n) is 11.6. The van der Waals surface area contributed by atoms with Gasteiger partial charge in [-0.1, -0.05) is 11.6 Å². The minimum absolute atomic E-state index is 0.00187. The van der Waals surface area contributed by atoms with Crippen LogP contribution in [0.2, 0.25) is 0 Å². The van der Waals surface area contributed by atoms with E-state index in [1.807, 2.05) is 19.1 Å². The van der Waals surface area contributed by atoms with Gasteiger partial charge in [0.25, 0.3) is 5.56 Å². The predicted molar refractivity (Wildman–Crippen MR) is 80.3 cm³/mol. The van der Waals surface area contributed by atoms with E-state index < -0.39 is 11.8 Å². The largest absolute Gasteiger partial charge is 0.460 e. The molecule has 0 spiro atoms. The number of hydrogen-bond acceptors (Lipinski definition) is 6. The molecule has 0 unspecified atom stereocenters. The molecule has 1 aliphatic rings. The summed E-state index contributed by atoms with van der Waals surface area (Å²) in [4.78, 5) is 22.8. The standard InChI is InChI=1S/C15H12N4O3/c1-6-2-3-10-7(4-6)11-8(14(21)22-10)5-9-12(17-11)18-15(16)19-13(9)20/h2-5,14,21H,1H3,(H3,16,17,18,19,20)/t14-/m0/s1. The smallest absolute Gasteiger partial charge is 0.261 e. The van der Waals surface area contributed by atoms with E-state index in [4.69, 9.17) is 10.5 Å². The molecular formula is C15H12N4O3. The van der Waals surface area contributed by atoms with Crippen LogP contribution in [0.3, 0.4) is 0 Å². The molecule has 1 atom stereocenters. The van der Waals surface area contributed by atoms with Gasteiger partial charge in [-0.15, -0.1) is 0 Å². The highest BCUT2D eigenvalue weighted by Crippen LogP contribution is 2.41. The highest BCUT2D eigenvalue weighted by molar-refractivity contribution is 5.83. The Labute approximate surface area is 124 Å². The third kappa shape index (κ3) is 1.76. The number of aromatic amines is 1. The second-order valence-electron chi connectivity index (χ2n) is 5.22. The molecule has 3 aromatic rings. The molecule has 0 radical (unpaired) electrons. The van der Waals surface area contributed by atoms with Gasteiger partial charge in [-0.05, 0) is 25.1 Å². The summed E-state index contributed by atoms with van der Waals surface area (Å²) in [7, 11) is 0. The fourth-order valence-electron chi connectivity index (χ4n) is 2.62. The first-order valence-corrected chi connectivity index (χ1v) is 6.69. The molecule has 0 aliphatic carbocycles. The highest BCUT2D eigenvalue weighted by Gasteiger charge is 2.27. The summed E-state index contributed by atoms with van der Waals surface area (Å²) in [6, 6.07) is 7.12. The average Bonchev–Trinajstić information content (AvgIpc) is 2.47. The van der Waals surface area contributed by atoms with Crippen molar-refractivity contribution >= 4 is 17.0 Å². The zero-order chi connectivity index (χ0) is 15.4. The number of pyridine rings is 1. The molecule has 4 N–H and O–H groups in total. The number of nitrogen functional groups attached to an aromatic ring is 1. The Balaban J connectivity index is 2.10. The molecule has 7 heteroatoms. The minimum Gasteiger partial charge on any atom is -0.460 e. The van der Waals surface area contributed by atoms with Gasteiger partial charge in [-0.25, -0.2) is 4.98 Å². The number of aryl methyl sites for hydroxylation is 1. The van der Waals surface area contributed by atoms with Crippen molar-refractivity contribution < 1.29 is 9.84 Å². The Bertz CT molecular complexity index is 980. The van der Waals surface area contributed by atoms with Crippen molar-refractivity contribution in [3.8, 4) is 17.0 Å². The van der Waals surface area contributed by atoms with Gasteiger partial charge in [-0.3, -0.25) is 9.78 Å². The third-order valence-corrected chi connectivity index (χ3v) is 3.64. The Morgan fingerprint density at radius 1 is 1.32 bits per heavy atom. The Morgan fingerprint density at radius 2 is 2.14 bits per heavy atom. The molecule has 4 rings (SSSR count). The number of hydrogen-bond donors (Lipinski definition) is 3. The van der Waals surface area contributed by atoms with Crippen molar-refractivity contribution in [3.05, 3.63) is 45.7 Å². The Kier molecular flexibility index (Phi) is 2.49. The van der Waals surface area contributed by atoms with Crippen LogP contribution in [0.15, 0.2) is 29.1 Å². The third-order valence-electron chi connectivity index (χ3n) is 3.64. The Morgan fingerprint density at radius 3 is 2.95 bits per heavy atom. The number of H-pyrrole nitrogens is 1. The molecule has 0 bridgehead atoms. The van der Waals surface area contributed by atoms with E-state index >= 15 is 0 Å².